The van der Waals surface area contributed by atoms with Crippen LogP contribution in [0.4, 0.5) is 10.5 Å². The molecule has 0 saturated heterocycles. The minimum Gasteiger partial charge on any atom is -0.446 e. The van der Waals surface area contributed by atoms with Gasteiger partial charge >= 0.3 is 6.09 Å². The van der Waals surface area contributed by atoms with Crippen LogP contribution in [0, 0.1) is 0 Å². The van der Waals surface area contributed by atoms with E-state index in [1.807, 2.05) is 49.3 Å². The molecule has 2 rings (SSSR count). The molecule has 26 heavy (non-hydrogen) atoms. The van der Waals surface area contributed by atoms with Gasteiger partial charge < -0.3 is 20.3 Å². The number of alkyl carbamates (subject to hydrolysis) is 1. The number of hydrogen-bond acceptors (Lipinski definition) is 4. The maximum atomic E-state index is 11.8. The van der Waals surface area contributed by atoms with E-state index in [4.69, 9.17) is 4.74 Å². The van der Waals surface area contributed by atoms with Crippen molar-refractivity contribution in [2.24, 2.45) is 0 Å². The maximum Gasteiger partial charge on any atom is 0.407 e. The first-order chi connectivity index (χ1) is 12.5. The van der Waals surface area contributed by atoms with Gasteiger partial charge in [-0.05, 0) is 57.5 Å². The van der Waals surface area contributed by atoms with Crippen LogP contribution >= 0.6 is 0 Å². The summed E-state index contributed by atoms with van der Waals surface area (Å²) in [5.74, 6) is -0.159. The van der Waals surface area contributed by atoms with Gasteiger partial charge in [-0.3, -0.25) is 4.79 Å². The summed E-state index contributed by atoms with van der Waals surface area (Å²) in [5, 5.41) is 5.59. The van der Waals surface area contributed by atoms with Gasteiger partial charge in [-0.2, -0.15) is 0 Å². The lowest BCUT2D eigenvalue weighted by Crippen LogP contribution is -2.29. The van der Waals surface area contributed by atoms with Crippen LogP contribution in [-0.4, -0.2) is 43.6 Å². The molecule has 0 unspecified atom stereocenters. The van der Waals surface area contributed by atoms with E-state index in [1.165, 1.54) is 12.5 Å². The largest absolute Gasteiger partial charge is 0.446 e. The van der Waals surface area contributed by atoms with Crippen molar-refractivity contribution in [3.8, 4) is 0 Å². The second kappa shape index (κ2) is 10.6. The van der Waals surface area contributed by atoms with Gasteiger partial charge in [0.15, 0.2) is 0 Å². The van der Waals surface area contributed by atoms with Crippen LogP contribution in [0.15, 0.2) is 36.4 Å². The minimum absolute atomic E-state index is 0.0573. The zero-order valence-electron chi connectivity index (χ0n) is 15.7. The normalized spacial score (nSPS) is 15.2. The van der Waals surface area contributed by atoms with Crippen LogP contribution in [0.25, 0.3) is 0 Å². The first-order valence-electron chi connectivity index (χ1n) is 9.18. The van der Waals surface area contributed by atoms with Crippen molar-refractivity contribution in [2.45, 2.75) is 44.8 Å². The molecule has 0 aliphatic heterocycles. The summed E-state index contributed by atoms with van der Waals surface area (Å²) in [6.45, 7) is 1.12. The molecule has 2 N–H and O–H groups in total. The quantitative estimate of drug-likeness (QED) is 0.733. The van der Waals surface area contributed by atoms with E-state index in [0.717, 1.165) is 43.5 Å². The molecule has 0 spiro atoms. The molecule has 1 fully saturated rings. The number of amides is 2. The Labute approximate surface area is 155 Å². The van der Waals surface area contributed by atoms with Gasteiger partial charge in [0.05, 0.1) is 0 Å². The molecular formula is C20H29N3O3. The topological polar surface area (TPSA) is 70.7 Å². The van der Waals surface area contributed by atoms with Crippen molar-refractivity contribution in [1.82, 2.24) is 10.2 Å². The predicted molar refractivity (Wildman–Crippen MR) is 103 cm³/mol. The number of anilines is 1. The summed E-state index contributed by atoms with van der Waals surface area (Å²) < 4.78 is 5.43. The zero-order valence-corrected chi connectivity index (χ0v) is 15.7. The van der Waals surface area contributed by atoms with Crippen LogP contribution in [-0.2, 0) is 16.1 Å². The molecule has 0 bridgehead atoms. The Morgan fingerprint density at radius 2 is 1.85 bits per heavy atom. The lowest BCUT2D eigenvalue weighted by molar-refractivity contribution is -0.111. The Hall–Kier alpha value is -2.34. The molecular weight excluding hydrogens is 330 g/mol. The van der Waals surface area contributed by atoms with Crippen molar-refractivity contribution in [2.75, 3.05) is 26.0 Å². The average molecular weight is 359 g/mol. The third kappa shape index (κ3) is 7.70. The molecule has 0 radical (unpaired) electrons. The van der Waals surface area contributed by atoms with Crippen molar-refractivity contribution < 1.29 is 14.3 Å². The molecule has 6 heteroatoms. The number of benzene rings is 1. The molecule has 2 amide bonds. The molecule has 1 aliphatic carbocycles. The smallest absolute Gasteiger partial charge is 0.407 e. The third-order valence-electron chi connectivity index (χ3n) is 4.22. The fourth-order valence-electron chi connectivity index (χ4n) is 2.81. The molecule has 1 aliphatic rings. The van der Waals surface area contributed by atoms with Gasteiger partial charge in [0.1, 0.15) is 6.10 Å². The highest BCUT2D eigenvalue weighted by Crippen LogP contribution is 2.20. The summed E-state index contributed by atoms with van der Waals surface area (Å²) in [6.07, 6.45) is 8.46. The highest BCUT2D eigenvalue weighted by atomic mass is 16.6. The number of ether oxygens (including phenoxy) is 1. The maximum absolute atomic E-state index is 11.8. The second-order valence-electron chi connectivity index (χ2n) is 6.87. The first-order valence-corrected chi connectivity index (χ1v) is 9.18. The van der Waals surface area contributed by atoms with Crippen LogP contribution < -0.4 is 10.6 Å². The highest BCUT2D eigenvalue weighted by Gasteiger charge is 2.17. The minimum atomic E-state index is -0.361. The highest BCUT2D eigenvalue weighted by molar-refractivity contribution is 5.99. The first kappa shape index (κ1) is 20.0. The molecule has 6 nitrogen and oxygen atoms in total. The molecule has 0 aromatic heterocycles. The molecule has 1 aromatic carbocycles. The van der Waals surface area contributed by atoms with Gasteiger partial charge in [0.25, 0.3) is 0 Å². The standard InChI is InChI=1S/C20H29N3O3/c1-23(2)14-6-9-19(24)22-17-12-10-16(11-13-17)15-21-20(25)26-18-7-4-3-5-8-18/h6,9-13,18H,3-5,7-8,14-15H2,1-2H3,(H,21,25)(H,22,24)/b9-6+. The summed E-state index contributed by atoms with van der Waals surface area (Å²) in [7, 11) is 3.89. The Morgan fingerprint density at radius 3 is 2.50 bits per heavy atom. The van der Waals surface area contributed by atoms with E-state index in [0.29, 0.717) is 6.54 Å². The number of rotatable bonds is 7. The lowest BCUT2D eigenvalue weighted by Gasteiger charge is -2.21. The fourth-order valence-corrected chi connectivity index (χ4v) is 2.81. The second-order valence-corrected chi connectivity index (χ2v) is 6.87. The average Bonchev–Trinajstić information content (AvgIpc) is 2.61. The Morgan fingerprint density at radius 1 is 1.15 bits per heavy atom. The van der Waals surface area contributed by atoms with Crippen molar-refractivity contribution in [1.29, 1.82) is 0 Å². The molecule has 1 saturated carbocycles. The summed E-state index contributed by atoms with van der Waals surface area (Å²) in [5.41, 5.74) is 1.67. The predicted octanol–water partition coefficient (Wildman–Crippen LogP) is 3.30. The summed E-state index contributed by atoms with van der Waals surface area (Å²) >= 11 is 0. The van der Waals surface area contributed by atoms with E-state index < -0.39 is 0 Å². The van der Waals surface area contributed by atoms with Gasteiger partial charge in [-0.25, -0.2) is 4.79 Å². The van der Waals surface area contributed by atoms with Gasteiger partial charge in [0.2, 0.25) is 5.91 Å². The van der Waals surface area contributed by atoms with E-state index in [9.17, 15) is 9.59 Å². The number of hydrogen-bond donors (Lipinski definition) is 2. The number of carbonyl (C=O) groups excluding carboxylic acids is 2. The Kier molecular flexibility index (Phi) is 8.15. The van der Waals surface area contributed by atoms with Crippen molar-refractivity contribution in [3.63, 3.8) is 0 Å². The monoisotopic (exact) mass is 359 g/mol. The molecule has 0 heterocycles. The number of nitrogens with zero attached hydrogens (tertiary/aromatic N) is 1. The summed E-state index contributed by atoms with van der Waals surface area (Å²) in [4.78, 5) is 25.6. The van der Waals surface area contributed by atoms with Crippen LogP contribution in [0.3, 0.4) is 0 Å². The van der Waals surface area contributed by atoms with Gasteiger partial charge in [-0.15, -0.1) is 0 Å². The lowest BCUT2D eigenvalue weighted by atomic mass is 9.98. The van der Waals surface area contributed by atoms with Crippen molar-refractivity contribution >= 4 is 17.7 Å². The van der Waals surface area contributed by atoms with Crippen LogP contribution in [0.1, 0.15) is 37.7 Å². The Balaban J connectivity index is 1.72. The summed E-state index contributed by atoms with van der Waals surface area (Å²) in [6, 6.07) is 7.39. The SMILES string of the molecule is CN(C)C/C=C/C(=O)Nc1ccc(CNC(=O)OC2CCCCC2)cc1. The van der Waals surface area contributed by atoms with Crippen LogP contribution in [0.5, 0.6) is 0 Å². The van der Waals surface area contributed by atoms with E-state index in [1.54, 1.807) is 0 Å². The van der Waals surface area contributed by atoms with E-state index >= 15 is 0 Å². The molecule has 1 aromatic rings. The molecule has 142 valence electrons. The number of carbonyl (C=O) groups is 2. The van der Waals surface area contributed by atoms with Gasteiger partial charge in [0, 0.05) is 24.9 Å². The number of likely N-dealkylation sites (N-methyl/N-ethyl adjacent to an activating group) is 1. The van der Waals surface area contributed by atoms with Gasteiger partial charge in [-0.1, -0.05) is 24.6 Å². The Bertz CT molecular complexity index is 605. The van der Waals surface area contributed by atoms with E-state index in [2.05, 4.69) is 10.6 Å². The third-order valence-corrected chi connectivity index (χ3v) is 4.22. The van der Waals surface area contributed by atoms with E-state index in [-0.39, 0.29) is 18.1 Å². The molecule has 0 atom stereocenters. The van der Waals surface area contributed by atoms with Crippen LogP contribution in [0.2, 0.25) is 0 Å². The zero-order chi connectivity index (χ0) is 18.8. The van der Waals surface area contributed by atoms with Crippen molar-refractivity contribution in [3.05, 3.63) is 42.0 Å². The number of nitrogens with one attached hydrogen (secondary N) is 2. The fraction of sp³-hybridized carbons (Fsp3) is 0.500.